The fourth-order valence-electron chi connectivity index (χ4n) is 2.25. The molecule has 0 bridgehead atoms. The van der Waals surface area contributed by atoms with E-state index in [-0.39, 0.29) is 36.7 Å². The summed E-state index contributed by atoms with van der Waals surface area (Å²) in [6.45, 7) is 0.664. The lowest BCUT2D eigenvalue weighted by Crippen LogP contribution is -2.46. The maximum absolute atomic E-state index is 12.3. The molecule has 2 amide bonds. The van der Waals surface area contributed by atoms with Crippen molar-refractivity contribution in [3.63, 3.8) is 0 Å². The normalized spacial score (nSPS) is 23.3. The van der Waals surface area contributed by atoms with Crippen LogP contribution in [0.1, 0.15) is 32.1 Å². The lowest BCUT2D eigenvalue weighted by molar-refractivity contribution is -0.140. The number of carboxylic acids is 1. The lowest BCUT2D eigenvalue weighted by atomic mass is 9.97. The van der Waals surface area contributed by atoms with Crippen LogP contribution >= 0.6 is 0 Å². The quantitative estimate of drug-likeness (QED) is 0.721. The minimum Gasteiger partial charge on any atom is -0.481 e. The molecule has 1 unspecified atom stereocenters. The van der Waals surface area contributed by atoms with Crippen LogP contribution in [0, 0.1) is 5.92 Å². The Hall–Kier alpha value is -1.59. The third kappa shape index (κ3) is 3.21. The largest absolute Gasteiger partial charge is 0.481 e. The van der Waals surface area contributed by atoms with Crippen molar-refractivity contribution < 1.29 is 19.5 Å². The summed E-state index contributed by atoms with van der Waals surface area (Å²) in [6, 6.07) is 0.217. The van der Waals surface area contributed by atoms with Gasteiger partial charge in [0.05, 0.1) is 12.3 Å². The Kier molecular flexibility index (Phi) is 3.84. The summed E-state index contributed by atoms with van der Waals surface area (Å²) >= 11 is 0. The second-order valence-electron chi connectivity index (χ2n) is 4.95. The number of piperidine rings is 1. The molecule has 0 aromatic carbocycles. The van der Waals surface area contributed by atoms with Crippen LogP contribution in [0.25, 0.3) is 0 Å². The Labute approximate surface area is 105 Å². The van der Waals surface area contributed by atoms with Gasteiger partial charge in [-0.2, -0.15) is 0 Å². The van der Waals surface area contributed by atoms with Crippen LogP contribution in [0.2, 0.25) is 0 Å². The van der Waals surface area contributed by atoms with Crippen molar-refractivity contribution in [3.8, 4) is 0 Å². The number of carbonyl (C=O) groups is 3. The van der Waals surface area contributed by atoms with Gasteiger partial charge >= 0.3 is 5.97 Å². The summed E-state index contributed by atoms with van der Waals surface area (Å²) in [4.78, 5) is 35.6. The molecule has 18 heavy (non-hydrogen) atoms. The van der Waals surface area contributed by atoms with Gasteiger partial charge in [-0.25, -0.2) is 0 Å². The molecule has 1 saturated carbocycles. The smallest absolute Gasteiger partial charge is 0.305 e. The topological polar surface area (TPSA) is 86.7 Å². The minimum absolute atomic E-state index is 0.00116. The van der Waals surface area contributed by atoms with Crippen molar-refractivity contribution in [1.82, 2.24) is 10.2 Å². The van der Waals surface area contributed by atoms with Crippen LogP contribution in [-0.2, 0) is 14.4 Å². The highest BCUT2D eigenvalue weighted by Gasteiger charge is 2.36. The molecule has 1 atom stereocenters. The Morgan fingerprint density at radius 3 is 2.56 bits per heavy atom. The summed E-state index contributed by atoms with van der Waals surface area (Å²) in [5.41, 5.74) is 0. The molecule has 2 fully saturated rings. The molecule has 1 aliphatic carbocycles. The SMILES string of the molecule is O=C(O)CCN(C(=O)C1CCC(=O)NC1)C1CC1. The lowest BCUT2D eigenvalue weighted by Gasteiger charge is -2.29. The molecule has 1 aliphatic heterocycles. The van der Waals surface area contributed by atoms with Crippen molar-refractivity contribution in [2.75, 3.05) is 13.1 Å². The molecule has 2 aliphatic rings. The predicted octanol–water partition coefficient (Wildman–Crippen LogP) is -0.0217. The van der Waals surface area contributed by atoms with Gasteiger partial charge in [0, 0.05) is 25.6 Å². The number of carboxylic acid groups (broad SMARTS) is 1. The molecule has 0 aromatic heterocycles. The molecule has 0 aromatic rings. The van der Waals surface area contributed by atoms with Crippen LogP contribution in [0.15, 0.2) is 0 Å². The van der Waals surface area contributed by atoms with Crippen LogP contribution in [0.5, 0.6) is 0 Å². The van der Waals surface area contributed by atoms with Gasteiger partial charge in [0.2, 0.25) is 11.8 Å². The van der Waals surface area contributed by atoms with Crippen LogP contribution in [0.3, 0.4) is 0 Å². The summed E-state index contributed by atoms with van der Waals surface area (Å²) in [5, 5.41) is 11.4. The first kappa shape index (κ1) is 12.9. The number of aliphatic carboxylic acids is 1. The first-order chi connectivity index (χ1) is 8.58. The van der Waals surface area contributed by atoms with Crippen LogP contribution in [0.4, 0.5) is 0 Å². The first-order valence-corrected chi connectivity index (χ1v) is 6.37. The van der Waals surface area contributed by atoms with Gasteiger partial charge in [-0.1, -0.05) is 0 Å². The monoisotopic (exact) mass is 254 g/mol. The zero-order valence-corrected chi connectivity index (χ0v) is 10.2. The Morgan fingerprint density at radius 1 is 1.33 bits per heavy atom. The molecule has 100 valence electrons. The zero-order chi connectivity index (χ0) is 13.1. The molecule has 2 rings (SSSR count). The Balaban J connectivity index is 1.90. The van der Waals surface area contributed by atoms with Gasteiger partial charge in [-0.05, 0) is 19.3 Å². The minimum atomic E-state index is -0.884. The van der Waals surface area contributed by atoms with Crippen molar-refractivity contribution in [3.05, 3.63) is 0 Å². The molecule has 2 N–H and O–H groups in total. The number of carbonyl (C=O) groups excluding carboxylic acids is 2. The van der Waals surface area contributed by atoms with E-state index in [4.69, 9.17) is 5.11 Å². The summed E-state index contributed by atoms with van der Waals surface area (Å²) in [5.74, 6) is -1.08. The molecule has 1 heterocycles. The molecule has 6 heteroatoms. The standard InChI is InChI=1S/C12H18N2O4/c15-10-4-1-8(7-13-10)12(18)14(9-2-3-9)6-5-11(16)17/h8-9H,1-7H2,(H,13,15)(H,16,17). The molecular formula is C12H18N2O4. The van der Waals surface area contributed by atoms with Crippen LogP contribution in [-0.4, -0.2) is 46.9 Å². The van der Waals surface area contributed by atoms with Crippen molar-refractivity contribution in [2.24, 2.45) is 5.92 Å². The van der Waals surface area contributed by atoms with Gasteiger partial charge in [0.15, 0.2) is 0 Å². The maximum Gasteiger partial charge on any atom is 0.305 e. The number of nitrogens with zero attached hydrogens (tertiary/aromatic N) is 1. The number of nitrogens with one attached hydrogen (secondary N) is 1. The number of rotatable bonds is 5. The number of amides is 2. The van der Waals surface area contributed by atoms with E-state index < -0.39 is 5.97 Å². The van der Waals surface area contributed by atoms with Crippen molar-refractivity contribution in [2.45, 2.75) is 38.1 Å². The fourth-order valence-corrected chi connectivity index (χ4v) is 2.25. The maximum atomic E-state index is 12.3. The van der Waals surface area contributed by atoms with E-state index in [1.165, 1.54) is 0 Å². The third-order valence-electron chi connectivity index (χ3n) is 3.45. The van der Waals surface area contributed by atoms with Gasteiger partial charge in [0.25, 0.3) is 0 Å². The predicted molar refractivity (Wildman–Crippen MR) is 62.7 cm³/mol. The van der Waals surface area contributed by atoms with Crippen molar-refractivity contribution in [1.29, 1.82) is 0 Å². The molecule has 1 saturated heterocycles. The van der Waals surface area contributed by atoms with Gasteiger partial charge < -0.3 is 15.3 Å². The second-order valence-corrected chi connectivity index (χ2v) is 4.95. The van der Waals surface area contributed by atoms with E-state index in [2.05, 4.69) is 5.32 Å². The molecular weight excluding hydrogens is 236 g/mol. The second kappa shape index (κ2) is 5.37. The van der Waals surface area contributed by atoms with E-state index in [9.17, 15) is 14.4 Å². The van der Waals surface area contributed by atoms with E-state index in [0.29, 0.717) is 19.4 Å². The third-order valence-corrected chi connectivity index (χ3v) is 3.45. The van der Waals surface area contributed by atoms with Gasteiger partial charge in [-0.15, -0.1) is 0 Å². The Morgan fingerprint density at radius 2 is 2.06 bits per heavy atom. The Bertz CT molecular complexity index is 355. The molecule has 0 spiro atoms. The highest BCUT2D eigenvalue weighted by molar-refractivity contribution is 5.84. The van der Waals surface area contributed by atoms with Crippen LogP contribution < -0.4 is 5.32 Å². The molecule has 0 radical (unpaired) electrons. The van der Waals surface area contributed by atoms with E-state index >= 15 is 0 Å². The van der Waals surface area contributed by atoms with Crippen molar-refractivity contribution >= 4 is 17.8 Å². The molecule has 6 nitrogen and oxygen atoms in total. The summed E-state index contributed by atoms with van der Waals surface area (Å²) in [7, 11) is 0. The highest BCUT2D eigenvalue weighted by atomic mass is 16.4. The zero-order valence-electron chi connectivity index (χ0n) is 10.2. The highest BCUT2D eigenvalue weighted by Crippen LogP contribution is 2.29. The number of hydrogen-bond acceptors (Lipinski definition) is 3. The average Bonchev–Trinajstić information content (AvgIpc) is 3.14. The number of hydrogen-bond donors (Lipinski definition) is 2. The van der Waals surface area contributed by atoms with E-state index in [1.54, 1.807) is 4.90 Å². The van der Waals surface area contributed by atoms with Gasteiger partial charge in [-0.3, -0.25) is 14.4 Å². The summed E-state index contributed by atoms with van der Waals surface area (Å²) < 4.78 is 0. The average molecular weight is 254 g/mol. The fraction of sp³-hybridized carbons (Fsp3) is 0.750. The van der Waals surface area contributed by atoms with E-state index in [1.807, 2.05) is 0 Å². The van der Waals surface area contributed by atoms with Gasteiger partial charge in [0.1, 0.15) is 0 Å². The first-order valence-electron chi connectivity index (χ1n) is 6.37. The van der Waals surface area contributed by atoms with E-state index in [0.717, 1.165) is 12.8 Å². The summed E-state index contributed by atoms with van der Waals surface area (Å²) in [6.07, 6.45) is 2.87.